The fourth-order valence-electron chi connectivity index (χ4n) is 4.83. The first-order valence-corrected chi connectivity index (χ1v) is 11.2. The van der Waals surface area contributed by atoms with Crippen LogP contribution >= 0.6 is 0 Å². The molecule has 2 aliphatic heterocycles. The van der Waals surface area contributed by atoms with Gasteiger partial charge in [-0.3, -0.25) is 4.79 Å². The summed E-state index contributed by atoms with van der Waals surface area (Å²) < 4.78 is 17.3. The summed E-state index contributed by atoms with van der Waals surface area (Å²) in [7, 11) is 1.61. The van der Waals surface area contributed by atoms with Gasteiger partial charge in [-0.1, -0.05) is 12.8 Å². The minimum atomic E-state index is -0.127. The molecule has 4 rings (SSSR count). The van der Waals surface area contributed by atoms with Crippen LogP contribution in [0.3, 0.4) is 0 Å². The van der Waals surface area contributed by atoms with Gasteiger partial charge in [-0.15, -0.1) is 0 Å². The SMILES string of the molecule is COc1ccc(OC2CCN(C3CCCC3)CC2)c(C(=O)NC[C@H]2CCCO2)c1. The Morgan fingerprint density at radius 2 is 1.93 bits per heavy atom. The smallest absolute Gasteiger partial charge is 0.255 e. The lowest BCUT2D eigenvalue weighted by molar-refractivity contribution is 0.0740. The number of amides is 1. The second-order valence-electron chi connectivity index (χ2n) is 8.50. The molecule has 3 aliphatic rings. The average molecular weight is 403 g/mol. The van der Waals surface area contributed by atoms with Crippen molar-refractivity contribution in [2.45, 2.75) is 69.6 Å². The molecule has 2 saturated heterocycles. The van der Waals surface area contributed by atoms with Crippen LogP contribution in [0.1, 0.15) is 61.7 Å². The molecular formula is C23H34N2O4. The number of piperidine rings is 1. The summed E-state index contributed by atoms with van der Waals surface area (Å²) >= 11 is 0. The van der Waals surface area contributed by atoms with Gasteiger partial charge in [0.2, 0.25) is 0 Å². The van der Waals surface area contributed by atoms with E-state index in [9.17, 15) is 4.79 Å². The molecule has 160 valence electrons. The Bertz CT molecular complexity index is 675. The van der Waals surface area contributed by atoms with Crippen LogP contribution in [0.25, 0.3) is 0 Å². The van der Waals surface area contributed by atoms with E-state index in [0.717, 1.165) is 51.4 Å². The molecule has 1 aromatic rings. The third-order valence-corrected chi connectivity index (χ3v) is 6.56. The predicted molar refractivity (Wildman–Crippen MR) is 112 cm³/mol. The fourth-order valence-corrected chi connectivity index (χ4v) is 4.83. The number of ether oxygens (including phenoxy) is 3. The number of methoxy groups -OCH3 is 1. The second-order valence-corrected chi connectivity index (χ2v) is 8.50. The second kappa shape index (κ2) is 9.81. The van der Waals surface area contributed by atoms with Crippen LogP contribution in [-0.2, 0) is 4.74 Å². The van der Waals surface area contributed by atoms with Crippen LogP contribution in [0.15, 0.2) is 18.2 Å². The number of hydrogen-bond donors (Lipinski definition) is 1. The Morgan fingerprint density at radius 3 is 2.62 bits per heavy atom. The molecule has 0 bridgehead atoms. The average Bonchev–Trinajstić information content (AvgIpc) is 3.47. The minimum Gasteiger partial charge on any atom is -0.497 e. The summed E-state index contributed by atoms with van der Waals surface area (Å²) in [4.78, 5) is 15.5. The molecule has 1 aliphatic carbocycles. The Balaban J connectivity index is 1.36. The lowest BCUT2D eigenvalue weighted by atomic mass is 10.0. The highest BCUT2D eigenvalue weighted by Gasteiger charge is 2.28. The molecule has 29 heavy (non-hydrogen) atoms. The van der Waals surface area contributed by atoms with Gasteiger partial charge in [0.05, 0.1) is 18.8 Å². The molecular weight excluding hydrogens is 368 g/mol. The highest BCUT2D eigenvalue weighted by atomic mass is 16.5. The highest BCUT2D eigenvalue weighted by Crippen LogP contribution is 2.30. The first kappa shape index (κ1) is 20.5. The van der Waals surface area contributed by atoms with Gasteiger partial charge in [0.15, 0.2) is 0 Å². The summed E-state index contributed by atoms with van der Waals surface area (Å²) in [6.45, 7) is 3.50. The normalized spacial score (nSPS) is 24.0. The number of nitrogens with one attached hydrogen (secondary N) is 1. The fraction of sp³-hybridized carbons (Fsp3) is 0.696. The zero-order valence-electron chi connectivity index (χ0n) is 17.5. The zero-order valence-corrected chi connectivity index (χ0v) is 17.5. The largest absolute Gasteiger partial charge is 0.497 e. The van der Waals surface area contributed by atoms with E-state index in [1.165, 1.54) is 25.7 Å². The van der Waals surface area contributed by atoms with Crippen LogP contribution < -0.4 is 14.8 Å². The van der Waals surface area contributed by atoms with E-state index < -0.39 is 0 Å². The van der Waals surface area contributed by atoms with Gasteiger partial charge in [-0.2, -0.15) is 0 Å². The summed E-state index contributed by atoms with van der Waals surface area (Å²) in [5.41, 5.74) is 0.542. The van der Waals surface area contributed by atoms with Crippen molar-refractivity contribution in [3.05, 3.63) is 23.8 Å². The van der Waals surface area contributed by atoms with Crippen molar-refractivity contribution in [1.82, 2.24) is 10.2 Å². The maximum Gasteiger partial charge on any atom is 0.255 e. The van der Waals surface area contributed by atoms with E-state index in [2.05, 4.69) is 10.2 Å². The number of benzene rings is 1. The van der Waals surface area contributed by atoms with Crippen LogP contribution in [0.2, 0.25) is 0 Å². The van der Waals surface area contributed by atoms with Gasteiger partial charge < -0.3 is 24.4 Å². The van der Waals surface area contributed by atoms with Gasteiger partial charge in [0.25, 0.3) is 5.91 Å². The lowest BCUT2D eigenvalue weighted by Crippen LogP contribution is -2.43. The quantitative estimate of drug-likeness (QED) is 0.758. The minimum absolute atomic E-state index is 0.119. The van der Waals surface area contributed by atoms with E-state index in [4.69, 9.17) is 14.2 Å². The Morgan fingerprint density at radius 1 is 1.14 bits per heavy atom. The van der Waals surface area contributed by atoms with E-state index in [0.29, 0.717) is 23.6 Å². The number of hydrogen-bond acceptors (Lipinski definition) is 5. The van der Waals surface area contributed by atoms with Crippen molar-refractivity contribution in [1.29, 1.82) is 0 Å². The number of carbonyl (C=O) groups excluding carboxylic acids is 1. The maximum absolute atomic E-state index is 12.8. The van der Waals surface area contributed by atoms with Gasteiger partial charge in [0, 0.05) is 32.3 Å². The molecule has 2 heterocycles. The maximum atomic E-state index is 12.8. The lowest BCUT2D eigenvalue weighted by Gasteiger charge is -2.36. The summed E-state index contributed by atoms with van der Waals surface area (Å²) in [6, 6.07) is 6.27. The molecule has 3 fully saturated rings. The van der Waals surface area contributed by atoms with Gasteiger partial charge in [-0.25, -0.2) is 0 Å². The molecule has 0 unspecified atom stereocenters. The number of rotatable bonds is 7. The standard InChI is InChI=1S/C23H34N2O4/c1-27-19-8-9-22(21(15-19)23(26)24-16-20-7-4-14-28-20)29-18-10-12-25(13-11-18)17-5-2-3-6-17/h8-9,15,17-18,20H,2-7,10-14,16H2,1H3,(H,24,26)/t20-/m1/s1. The summed E-state index contributed by atoms with van der Waals surface area (Å²) in [5, 5.41) is 3.01. The molecule has 1 N–H and O–H groups in total. The molecule has 6 heteroatoms. The van der Waals surface area contributed by atoms with Crippen LogP contribution in [0.5, 0.6) is 11.5 Å². The van der Waals surface area contributed by atoms with Crippen LogP contribution in [0, 0.1) is 0 Å². The molecule has 0 radical (unpaired) electrons. The topological polar surface area (TPSA) is 60.0 Å². The first-order chi connectivity index (χ1) is 14.2. The highest BCUT2D eigenvalue weighted by molar-refractivity contribution is 5.97. The van der Waals surface area contributed by atoms with Crippen molar-refractivity contribution in [3.8, 4) is 11.5 Å². The van der Waals surface area contributed by atoms with Gasteiger partial charge in [-0.05, 0) is 56.7 Å². The van der Waals surface area contributed by atoms with E-state index in [1.807, 2.05) is 12.1 Å². The van der Waals surface area contributed by atoms with E-state index in [-0.39, 0.29) is 18.1 Å². The van der Waals surface area contributed by atoms with E-state index >= 15 is 0 Å². The first-order valence-electron chi connectivity index (χ1n) is 11.2. The predicted octanol–water partition coefficient (Wildman–Crippen LogP) is 3.39. The molecule has 1 atom stereocenters. The third kappa shape index (κ3) is 5.23. The van der Waals surface area contributed by atoms with Gasteiger partial charge in [0.1, 0.15) is 17.6 Å². The summed E-state index contributed by atoms with van der Waals surface area (Å²) in [5.74, 6) is 1.18. The Labute approximate surface area is 173 Å². The molecule has 1 aromatic carbocycles. The number of carbonyl (C=O) groups is 1. The summed E-state index contributed by atoms with van der Waals surface area (Å²) in [6.07, 6.45) is 9.81. The number of likely N-dealkylation sites (tertiary alicyclic amines) is 1. The molecule has 1 amide bonds. The Kier molecular flexibility index (Phi) is 6.93. The van der Waals surface area contributed by atoms with Gasteiger partial charge >= 0.3 is 0 Å². The Hall–Kier alpha value is -1.79. The van der Waals surface area contributed by atoms with Crippen molar-refractivity contribution in [3.63, 3.8) is 0 Å². The van der Waals surface area contributed by atoms with Crippen LogP contribution in [0.4, 0.5) is 0 Å². The number of nitrogens with zero attached hydrogens (tertiary/aromatic N) is 1. The zero-order chi connectivity index (χ0) is 20.1. The molecule has 6 nitrogen and oxygen atoms in total. The van der Waals surface area contributed by atoms with Crippen molar-refractivity contribution in [2.75, 3.05) is 33.4 Å². The van der Waals surface area contributed by atoms with Crippen molar-refractivity contribution in [2.24, 2.45) is 0 Å². The van der Waals surface area contributed by atoms with Crippen LogP contribution in [-0.4, -0.2) is 62.4 Å². The van der Waals surface area contributed by atoms with Crippen molar-refractivity contribution >= 4 is 5.91 Å². The molecule has 0 spiro atoms. The third-order valence-electron chi connectivity index (χ3n) is 6.56. The van der Waals surface area contributed by atoms with E-state index in [1.54, 1.807) is 13.2 Å². The monoisotopic (exact) mass is 402 g/mol. The molecule has 1 saturated carbocycles. The van der Waals surface area contributed by atoms with Crippen molar-refractivity contribution < 1.29 is 19.0 Å². The molecule has 0 aromatic heterocycles.